The van der Waals surface area contributed by atoms with Crippen LogP contribution < -0.4 is 14.2 Å². The van der Waals surface area contributed by atoms with Gasteiger partial charge in [-0.2, -0.15) is 0 Å². The molecule has 0 aliphatic carbocycles. The molecule has 0 amide bonds. The molecule has 1 N–H and O–H groups in total. The standard InChI is InChI=1S/C15H22O6/c1-18-10-21-15-12(19-2)8-11(9-13(15)20-3)6-4-5-7-14(16)17/h8-9H,4-7,10H2,1-3H3,(H,16,17). The lowest BCUT2D eigenvalue weighted by Gasteiger charge is -2.15. The minimum atomic E-state index is -0.770. The van der Waals surface area contributed by atoms with Gasteiger partial charge in [-0.05, 0) is 37.0 Å². The van der Waals surface area contributed by atoms with Crippen LogP contribution in [0.2, 0.25) is 0 Å². The number of hydrogen-bond donors (Lipinski definition) is 1. The number of aliphatic carboxylic acids is 1. The van der Waals surface area contributed by atoms with E-state index < -0.39 is 5.97 Å². The Kier molecular flexibility index (Phi) is 7.39. The molecule has 0 fully saturated rings. The Balaban J connectivity index is 2.79. The highest BCUT2D eigenvalue weighted by atomic mass is 16.7. The largest absolute Gasteiger partial charge is 0.493 e. The van der Waals surface area contributed by atoms with Crippen LogP contribution in [0.1, 0.15) is 24.8 Å². The fraction of sp³-hybridized carbons (Fsp3) is 0.533. The van der Waals surface area contributed by atoms with Crippen LogP contribution in [0.3, 0.4) is 0 Å². The van der Waals surface area contributed by atoms with E-state index in [2.05, 4.69) is 0 Å². The van der Waals surface area contributed by atoms with E-state index in [1.54, 1.807) is 14.2 Å². The predicted molar refractivity (Wildman–Crippen MR) is 77.2 cm³/mol. The van der Waals surface area contributed by atoms with Crippen LogP contribution in [0, 0.1) is 0 Å². The van der Waals surface area contributed by atoms with Gasteiger partial charge in [0.15, 0.2) is 18.3 Å². The van der Waals surface area contributed by atoms with E-state index in [1.807, 2.05) is 12.1 Å². The number of carbonyl (C=O) groups is 1. The first-order valence-corrected chi connectivity index (χ1v) is 6.70. The third-order valence-electron chi connectivity index (χ3n) is 2.95. The van der Waals surface area contributed by atoms with Gasteiger partial charge in [-0.25, -0.2) is 0 Å². The molecule has 0 atom stereocenters. The Bertz CT molecular complexity index is 432. The van der Waals surface area contributed by atoms with E-state index in [0.29, 0.717) is 23.7 Å². The summed E-state index contributed by atoms with van der Waals surface area (Å²) in [5.41, 5.74) is 1.01. The van der Waals surface area contributed by atoms with Crippen LogP contribution in [0.4, 0.5) is 0 Å². The summed E-state index contributed by atoms with van der Waals surface area (Å²) in [5.74, 6) is 0.865. The van der Waals surface area contributed by atoms with E-state index in [0.717, 1.165) is 18.4 Å². The van der Waals surface area contributed by atoms with Gasteiger partial charge in [0.05, 0.1) is 14.2 Å². The minimum Gasteiger partial charge on any atom is -0.493 e. The number of carboxylic acids is 1. The lowest BCUT2D eigenvalue weighted by molar-refractivity contribution is -0.137. The Hall–Kier alpha value is -1.95. The monoisotopic (exact) mass is 298 g/mol. The number of ether oxygens (including phenoxy) is 4. The van der Waals surface area contributed by atoms with Gasteiger partial charge < -0.3 is 24.1 Å². The molecule has 118 valence electrons. The molecule has 0 aliphatic heterocycles. The minimum absolute atomic E-state index is 0.102. The molecule has 1 aromatic carbocycles. The molecular formula is C15H22O6. The zero-order chi connectivity index (χ0) is 15.7. The van der Waals surface area contributed by atoms with Crippen LogP contribution in [0.15, 0.2) is 12.1 Å². The summed E-state index contributed by atoms with van der Waals surface area (Å²) in [6, 6.07) is 3.74. The van der Waals surface area contributed by atoms with Crippen molar-refractivity contribution in [2.45, 2.75) is 25.7 Å². The summed E-state index contributed by atoms with van der Waals surface area (Å²) in [5, 5.41) is 8.63. The van der Waals surface area contributed by atoms with Crippen molar-refractivity contribution in [2.24, 2.45) is 0 Å². The number of methoxy groups -OCH3 is 3. The van der Waals surface area contributed by atoms with Crippen LogP contribution in [-0.2, 0) is 16.0 Å². The molecule has 1 aromatic rings. The smallest absolute Gasteiger partial charge is 0.303 e. The summed E-state index contributed by atoms with van der Waals surface area (Å²) in [7, 11) is 4.65. The highest BCUT2D eigenvalue weighted by molar-refractivity contribution is 5.66. The first-order valence-electron chi connectivity index (χ1n) is 6.70. The van der Waals surface area contributed by atoms with Gasteiger partial charge in [0, 0.05) is 13.5 Å². The van der Waals surface area contributed by atoms with Gasteiger partial charge >= 0.3 is 5.97 Å². The third kappa shape index (κ3) is 5.51. The summed E-state index contributed by atoms with van der Waals surface area (Å²) in [6.45, 7) is 0.102. The topological polar surface area (TPSA) is 74.2 Å². The average molecular weight is 298 g/mol. The van der Waals surface area contributed by atoms with Crippen molar-refractivity contribution < 1.29 is 28.8 Å². The first-order chi connectivity index (χ1) is 10.1. The summed E-state index contributed by atoms with van der Waals surface area (Å²) in [6.07, 6.45) is 2.37. The number of rotatable bonds is 10. The lowest BCUT2D eigenvalue weighted by Crippen LogP contribution is -2.03. The zero-order valence-corrected chi connectivity index (χ0v) is 12.7. The molecule has 0 saturated carbocycles. The highest BCUT2D eigenvalue weighted by Gasteiger charge is 2.14. The molecule has 0 aliphatic rings. The molecule has 0 heterocycles. The molecule has 0 saturated heterocycles. The van der Waals surface area contributed by atoms with Crippen LogP contribution >= 0.6 is 0 Å². The third-order valence-corrected chi connectivity index (χ3v) is 2.95. The maximum atomic E-state index is 10.5. The maximum Gasteiger partial charge on any atom is 0.303 e. The normalized spacial score (nSPS) is 10.2. The molecule has 0 bridgehead atoms. The van der Waals surface area contributed by atoms with E-state index in [4.69, 9.17) is 24.1 Å². The number of carboxylic acid groups (broad SMARTS) is 1. The molecular weight excluding hydrogens is 276 g/mol. The van der Waals surface area contributed by atoms with E-state index in [1.165, 1.54) is 7.11 Å². The van der Waals surface area contributed by atoms with Crippen molar-refractivity contribution in [3.63, 3.8) is 0 Å². The molecule has 21 heavy (non-hydrogen) atoms. The molecule has 0 radical (unpaired) electrons. The number of hydrogen-bond acceptors (Lipinski definition) is 5. The molecule has 0 spiro atoms. The number of benzene rings is 1. The fourth-order valence-electron chi connectivity index (χ4n) is 1.94. The van der Waals surface area contributed by atoms with Crippen molar-refractivity contribution >= 4 is 5.97 Å². The Morgan fingerprint density at radius 3 is 2.19 bits per heavy atom. The number of unbranched alkanes of at least 4 members (excludes halogenated alkanes) is 1. The predicted octanol–water partition coefficient (Wildman–Crippen LogP) is 2.48. The second-order valence-corrected chi connectivity index (χ2v) is 4.48. The number of aryl methyl sites for hydroxylation is 1. The fourth-order valence-corrected chi connectivity index (χ4v) is 1.94. The maximum absolute atomic E-state index is 10.5. The van der Waals surface area contributed by atoms with Crippen molar-refractivity contribution in [3.8, 4) is 17.2 Å². The van der Waals surface area contributed by atoms with E-state index in [-0.39, 0.29) is 13.2 Å². The van der Waals surface area contributed by atoms with E-state index >= 15 is 0 Å². The van der Waals surface area contributed by atoms with Gasteiger partial charge in [-0.3, -0.25) is 4.79 Å². The van der Waals surface area contributed by atoms with Crippen molar-refractivity contribution in [2.75, 3.05) is 28.1 Å². The lowest BCUT2D eigenvalue weighted by atomic mass is 10.1. The van der Waals surface area contributed by atoms with Crippen LogP contribution in [0.5, 0.6) is 17.2 Å². The van der Waals surface area contributed by atoms with Crippen LogP contribution in [0.25, 0.3) is 0 Å². The van der Waals surface area contributed by atoms with Crippen molar-refractivity contribution in [3.05, 3.63) is 17.7 Å². The quantitative estimate of drug-likeness (QED) is 0.528. The second kappa shape index (κ2) is 9.07. The van der Waals surface area contributed by atoms with E-state index in [9.17, 15) is 4.79 Å². The highest BCUT2D eigenvalue weighted by Crippen LogP contribution is 2.38. The summed E-state index contributed by atoms with van der Waals surface area (Å²) >= 11 is 0. The second-order valence-electron chi connectivity index (χ2n) is 4.48. The van der Waals surface area contributed by atoms with Crippen LogP contribution in [-0.4, -0.2) is 39.2 Å². The van der Waals surface area contributed by atoms with Crippen molar-refractivity contribution in [1.82, 2.24) is 0 Å². The average Bonchev–Trinajstić information content (AvgIpc) is 2.48. The van der Waals surface area contributed by atoms with Gasteiger partial charge in [0.2, 0.25) is 5.75 Å². The van der Waals surface area contributed by atoms with Gasteiger partial charge in [-0.15, -0.1) is 0 Å². The Morgan fingerprint density at radius 1 is 1.10 bits per heavy atom. The summed E-state index contributed by atoms with van der Waals surface area (Å²) < 4.78 is 21.0. The molecule has 0 unspecified atom stereocenters. The Labute approximate surface area is 124 Å². The SMILES string of the molecule is COCOc1c(OC)cc(CCCCC(=O)O)cc1OC. The molecule has 6 nitrogen and oxygen atoms in total. The van der Waals surface area contributed by atoms with Gasteiger partial charge in [-0.1, -0.05) is 0 Å². The zero-order valence-electron chi connectivity index (χ0n) is 12.7. The molecule has 6 heteroatoms. The first kappa shape index (κ1) is 17.1. The van der Waals surface area contributed by atoms with Crippen molar-refractivity contribution in [1.29, 1.82) is 0 Å². The Morgan fingerprint density at radius 2 is 1.71 bits per heavy atom. The molecule has 1 rings (SSSR count). The van der Waals surface area contributed by atoms with Gasteiger partial charge in [0.25, 0.3) is 0 Å². The van der Waals surface area contributed by atoms with Gasteiger partial charge in [0.1, 0.15) is 0 Å². The molecule has 0 aromatic heterocycles. The summed E-state index contributed by atoms with van der Waals surface area (Å²) in [4.78, 5) is 10.5.